The van der Waals surface area contributed by atoms with Gasteiger partial charge < -0.3 is 20.5 Å². The van der Waals surface area contributed by atoms with Crippen LogP contribution in [0.2, 0.25) is 5.02 Å². The fourth-order valence-electron chi connectivity index (χ4n) is 1.59. The van der Waals surface area contributed by atoms with E-state index in [1.54, 1.807) is 18.2 Å². The van der Waals surface area contributed by atoms with Crippen molar-refractivity contribution in [3.8, 4) is 5.75 Å². The SMILES string of the molecule is COc1cc(Cl)ccc1CNC(=O)NCC[C@@H](O)C(F)(F)F. The van der Waals surface area contributed by atoms with Crippen molar-refractivity contribution < 1.29 is 27.8 Å². The number of rotatable bonds is 6. The minimum atomic E-state index is -4.69. The summed E-state index contributed by atoms with van der Waals surface area (Å²) >= 11 is 5.80. The Kier molecular flexibility index (Phi) is 6.76. The number of aliphatic hydroxyl groups is 1. The highest BCUT2D eigenvalue weighted by Gasteiger charge is 2.37. The summed E-state index contributed by atoms with van der Waals surface area (Å²) in [4.78, 5) is 11.5. The summed E-state index contributed by atoms with van der Waals surface area (Å²) in [6.45, 7) is -0.182. The summed E-state index contributed by atoms with van der Waals surface area (Å²) in [6, 6.07) is 4.22. The smallest absolute Gasteiger partial charge is 0.414 e. The minimum Gasteiger partial charge on any atom is -0.496 e. The molecule has 0 fully saturated rings. The van der Waals surface area contributed by atoms with Gasteiger partial charge in [-0.1, -0.05) is 17.7 Å². The number of aliphatic hydroxyl groups excluding tert-OH is 1. The molecule has 124 valence electrons. The molecule has 1 rings (SSSR count). The second-order valence-corrected chi connectivity index (χ2v) is 4.85. The van der Waals surface area contributed by atoms with Crippen LogP contribution < -0.4 is 15.4 Å². The largest absolute Gasteiger partial charge is 0.496 e. The number of amides is 2. The molecule has 0 saturated carbocycles. The van der Waals surface area contributed by atoms with Crippen molar-refractivity contribution in [2.45, 2.75) is 25.2 Å². The van der Waals surface area contributed by atoms with Gasteiger partial charge in [-0.3, -0.25) is 0 Å². The van der Waals surface area contributed by atoms with Crippen LogP contribution in [-0.2, 0) is 6.54 Å². The molecule has 1 aromatic carbocycles. The van der Waals surface area contributed by atoms with Crippen molar-refractivity contribution in [3.63, 3.8) is 0 Å². The standard InChI is InChI=1S/C13H16ClF3N2O3/c1-22-10-6-9(14)3-2-8(10)7-19-12(21)18-5-4-11(20)13(15,16)17/h2-3,6,11,20H,4-5,7H2,1H3,(H2,18,19,21)/t11-/m1/s1. The number of halogens is 4. The number of carbonyl (C=O) groups excluding carboxylic acids is 1. The number of hydrogen-bond donors (Lipinski definition) is 3. The van der Waals surface area contributed by atoms with Gasteiger partial charge in [-0.25, -0.2) is 4.79 Å². The van der Waals surface area contributed by atoms with Crippen LogP contribution in [-0.4, -0.2) is 37.1 Å². The highest BCUT2D eigenvalue weighted by atomic mass is 35.5. The van der Waals surface area contributed by atoms with E-state index < -0.39 is 24.7 Å². The molecule has 5 nitrogen and oxygen atoms in total. The Balaban J connectivity index is 2.38. The lowest BCUT2D eigenvalue weighted by Crippen LogP contribution is -2.38. The molecule has 0 aliphatic rings. The second-order valence-electron chi connectivity index (χ2n) is 4.41. The van der Waals surface area contributed by atoms with Crippen molar-refractivity contribution in [3.05, 3.63) is 28.8 Å². The molecule has 0 saturated heterocycles. The summed E-state index contributed by atoms with van der Waals surface area (Å²) in [6.07, 6.45) is -7.75. The van der Waals surface area contributed by atoms with E-state index in [4.69, 9.17) is 21.4 Å². The number of ether oxygens (including phenoxy) is 1. The van der Waals surface area contributed by atoms with E-state index in [0.717, 1.165) is 0 Å². The highest BCUT2D eigenvalue weighted by molar-refractivity contribution is 6.30. The van der Waals surface area contributed by atoms with Crippen molar-refractivity contribution >= 4 is 17.6 Å². The van der Waals surface area contributed by atoms with Gasteiger partial charge in [-0.05, 0) is 18.6 Å². The van der Waals surface area contributed by atoms with E-state index >= 15 is 0 Å². The molecule has 0 radical (unpaired) electrons. The van der Waals surface area contributed by atoms with Crippen molar-refractivity contribution in [2.75, 3.05) is 13.7 Å². The second kappa shape index (κ2) is 8.09. The molecule has 0 heterocycles. The van der Waals surface area contributed by atoms with Gasteiger partial charge in [0.15, 0.2) is 6.10 Å². The third kappa shape index (κ3) is 5.98. The number of benzene rings is 1. The first-order valence-electron chi connectivity index (χ1n) is 6.33. The van der Waals surface area contributed by atoms with E-state index in [0.29, 0.717) is 16.3 Å². The summed E-state index contributed by atoms with van der Waals surface area (Å²) in [7, 11) is 1.45. The lowest BCUT2D eigenvalue weighted by molar-refractivity contribution is -0.204. The predicted octanol–water partition coefficient (Wildman–Crippen LogP) is 2.46. The minimum absolute atomic E-state index is 0.119. The number of nitrogens with one attached hydrogen (secondary N) is 2. The summed E-state index contributed by atoms with van der Waals surface area (Å²) < 4.78 is 41.3. The quantitative estimate of drug-likeness (QED) is 0.745. The van der Waals surface area contributed by atoms with Crippen molar-refractivity contribution in [1.29, 1.82) is 0 Å². The summed E-state index contributed by atoms with van der Waals surface area (Å²) in [5, 5.41) is 14.0. The Morgan fingerprint density at radius 2 is 2.09 bits per heavy atom. The number of carbonyl (C=O) groups is 1. The van der Waals surface area contributed by atoms with Crippen LogP contribution in [0.5, 0.6) is 5.75 Å². The molecule has 1 atom stereocenters. The first-order valence-corrected chi connectivity index (χ1v) is 6.70. The third-order valence-corrected chi connectivity index (χ3v) is 3.00. The van der Waals surface area contributed by atoms with Gasteiger partial charge in [0, 0.05) is 23.7 Å². The fraction of sp³-hybridized carbons (Fsp3) is 0.462. The first-order chi connectivity index (χ1) is 10.2. The number of alkyl halides is 3. The molecular weight excluding hydrogens is 325 g/mol. The topological polar surface area (TPSA) is 70.6 Å². The number of urea groups is 1. The Labute approximate surface area is 130 Å². The molecule has 0 aromatic heterocycles. The first kappa shape index (κ1) is 18.4. The average molecular weight is 341 g/mol. The monoisotopic (exact) mass is 340 g/mol. The van der Waals surface area contributed by atoms with E-state index in [1.807, 2.05) is 0 Å². The highest BCUT2D eigenvalue weighted by Crippen LogP contribution is 2.23. The molecule has 22 heavy (non-hydrogen) atoms. The van der Waals surface area contributed by atoms with E-state index in [2.05, 4.69) is 10.6 Å². The molecule has 0 aliphatic heterocycles. The lowest BCUT2D eigenvalue weighted by atomic mass is 10.2. The Bertz CT molecular complexity index is 512. The Hall–Kier alpha value is -1.67. The van der Waals surface area contributed by atoms with Crippen LogP contribution in [0.1, 0.15) is 12.0 Å². The Morgan fingerprint density at radius 3 is 2.68 bits per heavy atom. The van der Waals surface area contributed by atoms with Crippen LogP contribution in [0.15, 0.2) is 18.2 Å². The molecule has 0 bridgehead atoms. The average Bonchev–Trinajstić information content (AvgIpc) is 2.44. The molecule has 0 aliphatic carbocycles. The van der Waals surface area contributed by atoms with Crippen LogP contribution >= 0.6 is 11.6 Å². The molecule has 2 amide bonds. The zero-order valence-electron chi connectivity index (χ0n) is 11.7. The zero-order chi connectivity index (χ0) is 16.8. The van der Waals surface area contributed by atoms with Crippen LogP contribution in [0, 0.1) is 0 Å². The molecule has 1 aromatic rings. The van der Waals surface area contributed by atoms with Gasteiger partial charge in [-0.15, -0.1) is 0 Å². The van der Waals surface area contributed by atoms with E-state index in [-0.39, 0.29) is 13.1 Å². The predicted molar refractivity (Wildman–Crippen MR) is 74.9 cm³/mol. The molecule has 0 unspecified atom stereocenters. The maximum absolute atomic E-state index is 12.1. The van der Waals surface area contributed by atoms with Gasteiger partial charge in [0.25, 0.3) is 0 Å². The van der Waals surface area contributed by atoms with Crippen molar-refractivity contribution in [1.82, 2.24) is 10.6 Å². The van der Waals surface area contributed by atoms with E-state index in [9.17, 15) is 18.0 Å². The van der Waals surface area contributed by atoms with Gasteiger partial charge in [0.05, 0.1) is 7.11 Å². The van der Waals surface area contributed by atoms with Gasteiger partial charge in [0.1, 0.15) is 5.75 Å². The molecule has 9 heteroatoms. The van der Waals surface area contributed by atoms with Crippen LogP contribution in [0.25, 0.3) is 0 Å². The molecule has 3 N–H and O–H groups in total. The van der Waals surface area contributed by atoms with E-state index in [1.165, 1.54) is 7.11 Å². The van der Waals surface area contributed by atoms with Gasteiger partial charge in [0.2, 0.25) is 0 Å². The summed E-state index contributed by atoms with van der Waals surface area (Å²) in [5.74, 6) is 0.486. The number of hydrogen-bond acceptors (Lipinski definition) is 3. The van der Waals surface area contributed by atoms with Gasteiger partial charge >= 0.3 is 12.2 Å². The Morgan fingerprint density at radius 1 is 1.41 bits per heavy atom. The molecular formula is C13H16ClF3N2O3. The third-order valence-electron chi connectivity index (χ3n) is 2.77. The maximum Gasteiger partial charge on any atom is 0.414 e. The van der Waals surface area contributed by atoms with Crippen LogP contribution in [0.3, 0.4) is 0 Å². The van der Waals surface area contributed by atoms with Crippen molar-refractivity contribution in [2.24, 2.45) is 0 Å². The van der Waals surface area contributed by atoms with Crippen LogP contribution in [0.4, 0.5) is 18.0 Å². The fourth-order valence-corrected chi connectivity index (χ4v) is 1.75. The summed E-state index contributed by atoms with van der Waals surface area (Å²) in [5.41, 5.74) is 0.664. The normalized spacial score (nSPS) is 12.6. The molecule has 0 spiro atoms. The maximum atomic E-state index is 12.1. The lowest BCUT2D eigenvalue weighted by Gasteiger charge is -2.15. The number of methoxy groups -OCH3 is 1. The van der Waals surface area contributed by atoms with Gasteiger partial charge in [-0.2, -0.15) is 13.2 Å². The zero-order valence-corrected chi connectivity index (χ0v) is 12.5.